The van der Waals surface area contributed by atoms with E-state index in [1.807, 2.05) is 0 Å². The molecule has 6 nitrogen and oxygen atoms in total. The third kappa shape index (κ3) is 35.7. The molecule has 0 aromatic rings. The van der Waals surface area contributed by atoms with Crippen LogP contribution in [-0.4, -0.2) is 11.7 Å². The zero-order valence-corrected chi connectivity index (χ0v) is 13.1. The van der Waals surface area contributed by atoms with E-state index in [0.29, 0.717) is 0 Å². The van der Waals surface area contributed by atoms with E-state index in [1.165, 1.54) is 0 Å². The summed E-state index contributed by atoms with van der Waals surface area (Å²) >= 11 is 0. The van der Waals surface area contributed by atoms with Crippen LogP contribution in [0.4, 0.5) is 0 Å². The first-order valence-corrected chi connectivity index (χ1v) is 4.31. The maximum absolute atomic E-state index is 9.24. The summed E-state index contributed by atoms with van der Waals surface area (Å²) in [7, 11) is -6.47. The second-order valence-electron chi connectivity index (χ2n) is 0.845. The van der Waals surface area contributed by atoms with Crippen LogP contribution in [0.15, 0.2) is 0 Å². The van der Waals surface area contributed by atoms with Gasteiger partial charge in [-0.1, -0.05) is 0 Å². The molecule has 0 aliphatic heterocycles. The summed E-state index contributed by atoms with van der Waals surface area (Å²) in [5.74, 6) is 0. The van der Waals surface area contributed by atoms with Gasteiger partial charge in [0, 0.05) is 6.61 Å². The van der Waals surface area contributed by atoms with Crippen LogP contribution in [0.25, 0.3) is 0 Å². The van der Waals surface area contributed by atoms with Crippen LogP contribution in [-0.2, 0) is 41.1 Å². The number of rotatable bonds is 2. The molecule has 11 heavy (non-hydrogen) atoms. The summed E-state index contributed by atoms with van der Waals surface area (Å²) in [6.45, 7) is 1.93. The Bertz CT molecular complexity index is 105. The second-order valence-corrected chi connectivity index (χ2v) is 2.39. The summed E-state index contributed by atoms with van der Waals surface area (Å²) in [6, 6.07) is 0. The second kappa shape index (κ2) is 13.6. The molecule has 60 valence electrons. The van der Waals surface area contributed by atoms with Crippen molar-refractivity contribution in [2.24, 2.45) is 0 Å². The first-order valence-electron chi connectivity index (χ1n) is 2.12. The van der Waals surface area contributed by atoms with Crippen LogP contribution < -0.4 is 9.79 Å². The van der Waals surface area contributed by atoms with E-state index >= 15 is 0 Å². The molecule has 0 radical (unpaired) electrons. The third-order valence-electron chi connectivity index (χ3n) is 0.133. The summed E-state index contributed by atoms with van der Waals surface area (Å²) in [4.78, 5) is 18.5. The van der Waals surface area contributed by atoms with Gasteiger partial charge in [0.05, 0.1) is 0 Å². The van der Waals surface area contributed by atoms with E-state index < -0.39 is 16.5 Å². The van der Waals surface area contributed by atoms with Crippen LogP contribution in [0, 0.1) is 0 Å². The van der Waals surface area contributed by atoms with Gasteiger partial charge < -0.3 is 14.9 Å². The first kappa shape index (κ1) is 17.9. The summed E-state index contributed by atoms with van der Waals surface area (Å²) in [6.07, 6.45) is 0. The molecule has 2 unspecified atom stereocenters. The van der Waals surface area contributed by atoms with E-state index in [2.05, 4.69) is 4.31 Å². The van der Waals surface area contributed by atoms with Gasteiger partial charge in [0.2, 0.25) is 0 Å². The Labute approximate surface area is 86.0 Å². The SMILES string of the molecule is CCO.O=[P+]([O-])O[P+](=O)[O-].[Hg+2]. The molecule has 0 heterocycles. The molecular formula is C2H6HgO6P2+2. The summed E-state index contributed by atoms with van der Waals surface area (Å²) < 4.78 is 21.6. The van der Waals surface area contributed by atoms with Crippen molar-refractivity contribution in [3.05, 3.63) is 0 Å². The van der Waals surface area contributed by atoms with Crippen molar-refractivity contribution in [3.63, 3.8) is 0 Å². The molecule has 1 N–H and O–H groups in total. The standard InChI is InChI=1S/C2H6O.Hg.O5P2/c1-2-3;;1-6(2)5-7(3)4/h3H,2H2,1H3;;/q;+2;. The minimum absolute atomic E-state index is 0. The van der Waals surface area contributed by atoms with Gasteiger partial charge in [-0.2, -0.15) is 0 Å². The zero-order chi connectivity index (χ0) is 8.57. The third-order valence-corrected chi connectivity index (χ3v) is 1.20. The van der Waals surface area contributed by atoms with Crippen LogP contribution >= 0.6 is 16.5 Å². The molecule has 0 amide bonds. The molecule has 0 rings (SSSR count). The fourth-order valence-corrected chi connectivity index (χ4v) is 0.490. The molecule has 0 bridgehead atoms. The average molecular weight is 389 g/mol. The molecule has 0 fully saturated rings. The zero-order valence-electron chi connectivity index (χ0n) is 5.80. The molecule has 0 saturated heterocycles. The van der Waals surface area contributed by atoms with E-state index in [0.717, 1.165) is 0 Å². The topological polar surface area (TPSA) is 110 Å². The maximum atomic E-state index is 9.24. The van der Waals surface area contributed by atoms with Crippen molar-refractivity contribution in [2.45, 2.75) is 6.92 Å². The molecule has 0 aromatic carbocycles. The van der Waals surface area contributed by atoms with Gasteiger partial charge in [0.1, 0.15) is 4.31 Å². The van der Waals surface area contributed by atoms with Crippen molar-refractivity contribution in [3.8, 4) is 0 Å². The van der Waals surface area contributed by atoms with Crippen LogP contribution in [0.2, 0.25) is 0 Å². The minimum atomic E-state index is -3.24. The van der Waals surface area contributed by atoms with E-state index in [-0.39, 0.29) is 34.3 Å². The Morgan fingerprint density at radius 1 is 1.36 bits per heavy atom. The van der Waals surface area contributed by atoms with Crippen molar-refractivity contribution in [1.29, 1.82) is 0 Å². The molecule has 2 atom stereocenters. The fourth-order valence-electron chi connectivity index (χ4n) is 0.0544. The quantitative estimate of drug-likeness (QED) is 0.482. The molecule has 0 aliphatic rings. The Hall–Kier alpha value is 0.975. The van der Waals surface area contributed by atoms with Gasteiger partial charge in [-0.25, -0.2) is 0 Å². The molecule has 0 aliphatic carbocycles. The van der Waals surface area contributed by atoms with Gasteiger partial charge in [-0.05, 0) is 16.1 Å². The number of hydrogen-bond acceptors (Lipinski definition) is 6. The predicted octanol–water partition coefficient (Wildman–Crippen LogP) is -0.966. The van der Waals surface area contributed by atoms with Crippen LogP contribution in [0.5, 0.6) is 0 Å². The summed E-state index contributed by atoms with van der Waals surface area (Å²) in [5, 5.41) is 7.57. The Morgan fingerprint density at radius 2 is 1.55 bits per heavy atom. The Kier molecular flexibility index (Phi) is 22.1. The molecule has 9 heteroatoms. The van der Waals surface area contributed by atoms with Gasteiger partial charge in [-0.15, -0.1) is 0 Å². The fraction of sp³-hybridized carbons (Fsp3) is 1.00. The van der Waals surface area contributed by atoms with Crippen LogP contribution in [0.3, 0.4) is 0 Å². The smallest absolute Gasteiger partial charge is 0.563 e. The normalized spacial score (nSPS) is 10.2. The summed E-state index contributed by atoms with van der Waals surface area (Å²) in [5.41, 5.74) is 0. The Morgan fingerprint density at radius 3 is 1.55 bits per heavy atom. The predicted molar refractivity (Wildman–Crippen MR) is 29.1 cm³/mol. The number of hydrogen-bond donors (Lipinski definition) is 1. The van der Waals surface area contributed by atoms with Crippen molar-refractivity contribution in [2.75, 3.05) is 6.61 Å². The molecule has 0 spiro atoms. The molecule has 0 saturated carbocycles. The average Bonchev–Trinajstić information content (AvgIpc) is 1.62. The van der Waals surface area contributed by atoms with Gasteiger partial charge in [0.15, 0.2) is 0 Å². The van der Waals surface area contributed by atoms with Crippen molar-refractivity contribution in [1.82, 2.24) is 0 Å². The molecule has 0 aromatic heterocycles. The van der Waals surface area contributed by atoms with Gasteiger partial charge >= 0.3 is 44.2 Å². The number of aliphatic hydroxyl groups excluding tert-OH is 1. The monoisotopic (exact) mass is 390 g/mol. The van der Waals surface area contributed by atoms with Crippen molar-refractivity contribution < 1.29 is 56.0 Å². The first-order chi connectivity index (χ1) is 4.54. The number of aliphatic hydroxyl groups is 1. The van der Waals surface area contributed by atoms with E-state index in [4.69, 9.17) is 5.11 Å². The molecular weight excluding hydrogens is 383 g/mol. The largest absolute Gasteiger partial charge is 2.00 e. The Balaban J connectivity index is -0.000000140. The van der Waals surface area contributed by atoms with E-state index in [1.54, 1.807) is 6.92 Å². The maximum Gasteiger partial charge on any atom is 2.00 e. The van der Waals surface area contributed by atoms with Gasteiger partial charge in [-0.3, -0.25) is 0 Å². The van der Waals surface area contributed by atoms with Crippen molar-refractivity contribution >= 4 is 16.5 Å². The van der Waals surface area contributed by atoms with Crippen LogP contribution in [0.1, 0.15) is 6.92 Å². The van der Waals surface area contributed by atoms with E-state index in [9.17, 15) is 18.9 Å². The minimum Gasteiger partial charge on any atom is -0.563 e. The van der Waals surface area contributed by atoms with Gasteiger partial charge in [0.25, 0.3) is 0 Å².